The number of allylic oxidation sites excluding steroid dienone is 4. The molecule has 3 nitrogen and oxygen atoms in total. The highest BCUT2D eigenvalue weighted by atomic mass is 79.9. The van der Waals surface area contributed by atoms with Crippen LogP contribution in [0.25, 0.3) is 0 Å². The summed E-state index contributed by atoms with van der Waals surface area (Å²) in [7, 11) is 0. The van der Waals surface area contributed by atoms with Gasteiger partial charge in [-0.2, -0.15) is 0 Å². The summed E-state index contributed by atoms with van der Waals surface area (Å²) in [6.07, 6.45) is 3.30. The van der Waals surface area contributed by atoms with E-state index in [1.165, 1.54) is 6.92 Å². The highest BCUT2D eigenvalue weighted by Gasteiger charge is 2.45. The Labute approximate surface area is 115 Å². The summed E-state index contributed by atoms with van der Waals surface area (Å²) in [6, 6.07) is 0. The molecular weight excluding hydrogens is 296 g/mol. The van der Waals surface area contributed by atoms with Crippen molar-refractivity contribution in [2.24, 2.45) is 11.3 Å². The van der Waals surface area contributed by atoms with Crippen molar-refractivity contribution in [3.8, 4) is 0 Å². The predicted molar refractivity (Wildman–Crippen MR) is 73.3 cm³/mol. The molecule has 4 heteroatoms. The average Bonchev–Trinajstić information content (AvgIpc) is 2.28. The van der Waals surface area contributed by atoms with Gasteiger partial charge in [0.25, 0.3) is 0 Å². The van der Waals surface area contributed by atoms with Gasteiger partial charge in [0.05, 0.1) is 6.10 Å². The van der Waals surface area contributed by atoms with E-state index < -0.39 is 6.10 Å². The number of rotatable bonds is 1. The van der Waals surface area contributed by atoms with Crippen LogP contribution in [0, 0.1) is 11.3 Å². The van der Waals surface area contributed by atoms with E-state index in [1.54, 1.807) is 12.2 Å². The summed E-state index contributed by atoms with van der Waals surface area (Å²) in [4.78, 5) is 11.6. The van der Waals surface area contributed by atoms with Crippen LogP contribution in [-0.4, -0.2) is 22.1 Å². The standard InChI is InChI=1S/C14H17BrO3/c1-7-12(17)5-11(15)10-4-13(18)9(8(2)16)6-14(7,10)3/h4-5,7,12,17-18H,6H2,1-3H3/t7-,12-,14+/m0/s1. The van der Waals surface area contributed by atoms with Crippen molar-refractivity contribution in [1.29, 1.82) is 0 Å². The zero-order valence-corrected chi connectivity index (χ0v) is 12.3. The monoisotopic (exact) mass is 312 g/mol. The molecule has 0 unspecified atom stereocenters. The molecule has 2 aliphatic rings. The summed E-state index contributed by atoms with van der Waals surface area (Å²) < 4.78 is 0.796. The first-order chi connectivity index (χ1) is 8.27. The molecule has 2 N–H and O–H groups in total. The van der Waals surface area contributed by atoms with Gasteiger partial charge in [-0.3, -0.25) is 4.79 Å². The second-order valence-corrected chi connectivity index (χ2v) is 6.22. The van der Waals surface area contributed by atoms with Gasteiger partial charge >= 0.3 is 0 Å². The third-order valence-corrected chi connectivity index (χ3v) is 4.96. The molecule has 0 heterocycles. The lowest BCUT2D eigenvalue weighted by atomic mass is 9.61. The molecule has 0 fully saturated rings. The van der Waals surface area contributed by atoms with E-state index >= 15 is 0 Å². The first kappa shape index (κ1) is 13.6. The van der Waals surface area contributed by atoms with E-state index in [-0.39, 0.29) is 22.9 Å². The van der Waals surface area contributed by atoms with Gasteiger partial charge in [-0.15, -0.1) is 0 Å². The average molecular weight is 313 g/mol. The fraction of sp³-hybridized carbons (Fsp3) is 0.500. The van der Waals surface area contributed by atoms with Gasteiger partial charge in [0.2, 0.25) is 0 Å². The number of aliphatic hydroxyl groups is 2. The summed E-state index contributed by atoms with van der Waals surface area (Å²) in [6.45, 7) is 5.45. The van der Waals surface area contributed by atoms with Crippen molar-refractivity contribution in [3.63, 3.8) is 0 Å². The minimum absolute atomic E-state index is 0.00694. The zero-order chi connectivity index (χ0) is 13.7. The third kappa shape index (κ3) is 1.88. The van der Waals surface area contributed by atoms with Crippen LogP contribution in [-0.2, 0) is 4.79 Å². The van der Waals surface area contributed by atoms with Crippen molar-refractivity contribution < 1.29 is 15.0 Å². The molecule has 0 saturated heterocycles. The van der Waals surface area contributed by atoms with E-state index in [2.05, 4.69) is 15.9 Å². The van der Waals surface area contributed by atoms with Gasteiger partial charge in [0.1, 0.15) is 5.76 Å². The van der Waals surface area contributed by atoms with Gasteiger partial charge in [-0.1, -0.05) is 29.8 Å². The summed E-state index contributed by atoms with van der Waals surface area (Å²) >= 11 is 3.43. The Hall–Kier alpha value is -0.870. The van der Waals surface area contributed by atoms with Crippen LogP contribution in [0.3, 0.4) is 0 Å². The Morgan fingerprint density at radius 3 is 2.72 bits per heavy atom. The predicted octanol–water partition coefficient (Wildman–Crippen LogP) is 3.01. The number of fused-ring (bicyclic) bond motifs is 1. The van der Waals surface area contributed by atoms with Crippen LogP contribution >= 0.6 is 15.9 Å². The Bertz CT molecular complexity index is 501. The van der Waals surface area contributed by atoms with E-state index in [4.69, 9.17) is 0 Å². The Morgan fingerprint density at radius 1 is 1.56 bits per heavy atom. The third-order valence-electron chi connectivity index (χ3n) is 4.27. The van der Waals surface area contributed by atoms with Crippen molar-refractivity contribution in [3.05, 3.63) is 33.5 Å². The molecule has 0 aliphatic heterocycles. The van der Waals surface area contributed by atoms with Crippen LogP contribution in [0.1, 0.15) is 27.2 Å². The minimum Gasteiger partial charge on any atom is -0.508 e. The molecule has 0 saturated carbocycles. The smallest absolute Gasteiger partial charge is 0.159 e. The topological polar surface area (TPSA) is 57.5 Å². The molecule has 2 rings (SSSR count). The lowest BCUT2D eigenvalue weighted by Crippen LogP contribution is -2.41. The van der Waals surface area contributed by atoms with Gasteiger partial charge < -0.3 is 10.2 Å². The van der Waals surface area contributed by atoms with Crippen LogP contribution in [0.5, 0.6) is 0 Å². The Balaban J connectivity index is 2.59. The molecule has 0 aromatic carbocycles. The Kier molecular flexibility index (Phi) is 3.28. The maximum Gasteiger partial charge on any atom is 0.159 e. The van der Waals surface area contributed by atoms with Crippen LogP contribution in [0.2, 0.25) is 0 Å². The van der Waals surface area contributed by atoms with Crippen LogP contribution < -0.4 is 0 Å². The lowest BCUT2D eigenvalue weighted by molar-refractivity contribution is -0.114. The molecule has 0 aromatic rings. The van der Waals surface area contributed by atoms with Gasteiger partial charge in [0, 0.05) is 15.5 Å². The molecule has 0 aromatic heterocycles. The Morgan fingerprint density at radius 2 is 2.17 bits per heavy atom. The van der Waals surface area contributed by atoms with Gasteiger partial charge in [-0.05, 0) is 37.0 Å². The number of hydrogen-bond donors (Lipinski definition) is 2. The van der Waals surface area contributed by atoms with Crippen molar-refractivity contribution in [1.82, 2.24) is 0 Å². The number of hydrogen-bond acceptors (Lipinski definition) is 3. The summed E-state index contributed by atoms with van der Waals surface area (Å²) in [5, 5.41) is 20.0. The van der Waals surface area contributed by atoms with E-state index in [1.807, 2.05) is 13.8 Å². The zero-order valence-electron chi connectivity index (χ0n) is 10.7. The number of carbonyl (C=O) groups is 1. The molecule has 3 atom stereocenters. The van der Waals surface area contributed by atoms with Gasteiger partial charge in [0.15, 0.2) is 5.78 Å². The van der Waals surface area contributed by atoms with Gasteiger partial charge in [-0.25, -0.2) is 0 Å². The fourth-order valence-electron chi connectivity index (χ4n) is 2.76. The largest absolute Gasteiger partial charge is 0.508 e. The SMILES string of the molecule is CC(=O)C1=C(O)C=C2C(Br)=C[C@H](O)[C@H](C)[C@@]2(C)C1. The van der Waals surface area contributed by atoms with Crippen LogP contribution in [0.4, 0.5) is 0 Å². The van der Waals surface area contributed by atoms with E-state index in [9.17, 15) is 15.0 Å². The second kappa shape index (κ2) is 4.35. The number of aliphatic hydroxyl groups excluding tert-OH is 2. The molecule has 0 bridgehead atoms. The number of ketones is 1. The van der Waals surface area contributed by atoms with Crippen molar-refractivity contribution >= 4 is 21.7 Å². The fourth-order valence-corrected chi connectivity index (χ4v) is 3.59. The molecule has 98 valence electrons. The highest BCUT2D eigenvalue weighted by molar-refractivity contribution is 9.12. The quantitative estimate of drug-likeness (QED) is 0.782. The van der Waals surface area contributed by atoms with Crippen molar-refractivity contribution in [2.75, 3.05) is 0 Å². The second-order valence-electron chi connectivity index (χ2n) is 5.37. The summed E-state index contributed by atoms with van der Waals surface area (Å²) in [5.74, 6) is -0.0761. The molecule has 18 heavy (non-hydrogen) atoms. The molecule has 2 aliphatic carbocycles. The van der Waals surface area contributed by atoms with E-state index in [0.29, 0.717) is 12.0 Å². The van der Waals surface area contributed by atoms with Crippen LogP contribution in [0.15, 0.2) is 33.5 Å². The number of Topliss-reactive ketones (excluding diaryl/α,β-unsaturated/α-hetero) is 1. The van der Waals surface area contributed by atoms with E-state index in [0.717, 1.165) is 10.1 Å². The number of halogens is 1. The highest BCUT2D eigenvalue weighted by Crippen LogP contribution is 2.53. The lowest BCUT2D eigenvalue weighted by Gasteiger charge is -2.45. The maximum absolute atomic E-state index is 11.6. The minimum atomic E-state index is -0.546. The van der Waals surface area contributed by atoms with Crippen molar-refractivity contribution in [2.45, 2.75) is 33.3 Å². The first-order valence-electron chi connectivity index (χ1n) is 5.98. The maximum atomic E-state index is 11.6. The molecule has 0 amide bonds. The first-order valence-corrected chi connectivity index (χ1v) is 6.77. The molecule has 0 radical (unpaired) electrons. The molecular formula is C14H17BrO3. The normalized spacial score (nSPS) is 35.8. The summed E-state index contributed by atoms with van der Waals surface area (Å²) in [5.41, 5.74) is 1.06. The molecule has 0 spiro atoms. The number of carbonyl (C=O) groups excluding carboxylic acids is 1.